The summed E-state index contributed by atoms with van der Waals surface area (Å²) in [5.74, 6) is 0.762. The Labute approximate surface area is 128 Å². The molecule has 3 rings (SSSR count). The molecule has 0 N–H and O–H groups in total. The lowest BCUT2D eigenvalue weighted by Gasteiger charge is -2.10. The maximum absolute atomic E-state index is 13.7. The minimum Gasteiger partial charge on any atom is -0.295 e. The highest BCUT2D eigenvalue weighted by Gasteiger charge is 2.14. The number of imidazole rings is 1. The molecule has 2 aromatic carbocycles. The van der Waals surface area contributed by atoms with Gasteiger partial charge in [-0.25, -0.2) is 9.37 Å². The molecule has 0 atom stereocenters. The van der Waals surface area contributed by atoms with Crippen molar-refractivity contribution in [2.24, 2.45) is 0 Å². The second kappa shape index (κ2) is 5.15. The summed E-state index contributed by atoms with van der Waals surface area (Å²) in [6.07, 6.45) is 0. The van der Waals surface area contributed by atoms with Crippen LogP contribution in [0.1, 0.15) is 22.5 Å². The largest absolute Gasteiger partial charge is 0.295 e. The van der Waals surface area contributed by atoms with Crippen molar-refractivity contribution >= 4 is 22.6 Å². The number of hydrogen-bond acceptors (Lipinski definition) is 1. The third-order valence-corrected chi connectivity index (χ3v) is 3.83. The summed E-state index contributed by atoms with van der Waals surface area (Å²) in [4.78, 5) is 4.46. The fourth-order valence-electron chi connectivity index (χ4n) is 2.71. The van der Waals surface area contributed by atoms with Gasteiger partial charge in [0, 0.05) is 11.8 Å². The lowest BCUT2D eigenvalue weighted by atomic mass is 10.1. The Bertz CT molecular complexity index is 816. The van der Waals surface area contributed by atoms with Gasteiger partial charge in [0.15, 0.2) is 0 Å². The predicted molar refractivity (Wildman–Crippen MR) is 84.8 cm³/mol. The Balaban J connectivity index is 2.36. The van der Waals surface area contributed by atoms with E-state index < -0.39 is 0 Å². The van der Waals surface area contributed by atoms with E-state index in [2.05, 4.69) is 37.0 Å². The van der Waals surface area contributed by atoms with Gasteiger partial charge in [-0.1, -0.05) is 6.07 Å². The molecule has 108 valence electrons. The monoisotopic (exact) mass is 302 g/mol. The molecule has 0 saturated heterocycles. The van der Waals surface area contributed by atoms with Gasteiger partial charge in [0.05, 0.1) is 16.9 Å². The van der Waals surface area contributed by atoms with Gasteiger partial charge in [0.25, 0.3) is 0 Å². The highest BCUT2D eigenvalue weighted by Crippen LogP contribution is 2.26. The summed E-state index contributed by atoms with van der Waals surface area (Å²) in [5.41, 5.74) is 5.48. The molecule has 0 saturated carbocycles. The highest BCUT2D eigenvalue weighted by atomic mass is 35.5. The van der Waals surface area contributed by atoms with Gasteiger partial charge in [-0.2, -0.15) is 0 Å². The number of hydrogen-bond donors (Lipinski definition) is 0. The van der Waals surface area contributed by atoms with Gasteiger partial charge in [0.1, 0.15) is 11.6 Å². The quantitative estimate of drug-likeness (QED) is 0.620. The van der Waals surface area contributed by atoms with Gasteiger partial charge in [-0.05, 0) is 55.7 Å². The van der Waals surface area contributed by atoms with E-state index in [-0.39, 0.29) is 11.7 Å². The zero-order chi connectivity index (χ0) is 15.1. The molecule has 4 heteroatoms. The molecule has 0 radical (unpaired) electrons. The summed E-state index contributed by atoms with van der Waals surface area (Å²) in [5, 5.41) is 0. The number of aryl methyl sites for hydroxylation is 3. The van der Waals surface area contributed by atoms with Crippen molar-refractivity contribution < 1.29 is 4.39 Å². The summed E-state index contributed by atoms with van der Waals surface area (Å²) in [7, 11) is 0. The van der Waals surface area contributed by atoms with Crippen molar-refractivity contribution in [2.75, 3.05) is 0 Å². The van der Waals surface area contributed by atoms with Gasteiger partial charge in [-0.15, -0.1) is 11.6 Å². The van der Waals surface area contributed by atoms with E-state index in [1.54, 1.807) is 6.92 Å². The standard InChI is InChI=1S/C17H16ClFN2/c1-10-4-11(2)6-13(5-10)21-16-7-12(3)14(19)8-15(16)20-17(21)9-18/h4-8H,9H2,1-3H3. The van der Waals surface area contributed by atoms with E-state index in [0.29, 0.717) is 11.1 Å². The van der Waals surface area contributed by atoms with Gasteiger partial charge in [-0.3, -0.25) is 4.57 Å². The number of benzene rings is 2. The van der Waals surface area contributed by atoms with E-state index in [0.717, 1.165) is 17.0 Å². The van der Waals surface area contributed by atoms with Crippen LogP contribution < -0.4 is 0 Å². The topological polar surface area (TPSA) is 17.8 Å². The van der Waals surface area contributed by atoms with Crippen LogP contribution in [0, 0.1) is 26.6 Å². The summed E-state index contributed by atoms with van der Waals surface area (Å²) in [6, 6.07) is 9.59. The smallest absolute Gasteiger partial charge is 0.129 e. The van der Waals surface area contributed by atoms with Crippen LogP contribution in [0.15, 0.2) is 30.3 Å². The normalized spacial score (nSPS) is 11.3. The lowest BCUT2D eigenvalue weighted by Crippen LogP contribution is -2.00. The third kappa shape index (κ3) is 2.42. The number of rotatable bonds is 2. The fraction of sp³-hybridized carbons (Fsp3) is 0.235. The number of nitrogens with zero attached hydrogens (tertiary/aromatic N) is 2. The first kappa shape index (κ1) is 14.1. The number of fused-ring (bicyclic) bond motifs is 1. The molecule has 1 aromatic heterocycles. The molecular formula is C17H16ClFN2. The number of halogens is 2. The second-order valence-corrected chi connectivity index (χ2v) is 5.70. The first-order valence-corrected chi connectivity index (χ1v) is 7.35. The minimum absolute atomic E-state index is 0.242. The summed E-state index contributed by atoms with van der Waals surface area (Å²) >= 11 is 6.04. The highest BCUT2D eigenvalue weighted by molar-refractivity contribution is 6.17. The molecule has 0 aliphatic heterocycles. The van der Waals surface area contributed by atoms with Crippen LogP contribution >= 0.6 is 11.6 Å². The van der Waals surface area contributed by atoms with Crippen LogP contribution in [0.4, 0.5) is 4.39 Å². The lowest BCUT2D eigenvalue weighted by molar-refractivity contribution is 0.620. The van der Waals surface area contributed by atoms with E-state index in [1.807, 2.05) is 10.6 Å². The van der Waals surface area contributed by atoms with E-state index in [4.69, 9.17) is 11.6 Å². The maximum atomic E-state index is 13.7. The Hall–Kier alpha value is -1.87. The first-order valence-electron chi connectivity index (χ1n) is 6.81. The summed E-state index contributed by atoms with van der Waals surface area (Å²) in [6.45, 7) is 5.87. The molecule has 0 aliphatic carbocycles. The van der Waals surface area contributed by atoms with Crippen LogP contribution in [-0.4, -0.2) is 9.55 Å². The Kier molecular flexibility index (Phi) is 3.46. The van der Waals surface area contributed by atoms with Crippen molar-refractivity contribution in [1.29, 1.82) is 0 Å². The average molecular weight is 303 g/mol. The van der Waals surface area contributed by atoms with Crippen LogP contribution in [0.2, 0.25) is 0 Å². The van der Waals surface area contributed by atoms with Gasteiger partial charge in [0.2, 0.25) is 0 Å². The number of aromatic nitrogens is 2. The number of alkyl halides is 1. The molecule has 0 unspecified atom stereocenters. The third-order valence-electron chi connectivity index (χ3n) is 3.59. The fourth-order valence-corrected chi connectivity index (χ4v) is 2.89. The van der Waals surface area contributed by atoms with Crippen LogP contribution in [0.3, 0.4) is 0 Å². The SMILES string of the molecule is Cc1cc(C)cc(-n2c(CCl)nc3cc(F)c(C)cc32)c1. The Morgan fingerprint density at radius 2 is 1.71 bits per heavy atom. The van der Waals surface area contributed by atoms with Crippen molar-refractivity contribution in [2.45, 2.75) is 26.7 Å². The second-order valence-electron chi connectivity index (χ2n) is 5.43. The summed E-state index contributed by atoms with van der Waals surface area (Å²) < 4.78 is 15.8. The van der Waals surface area contributed by atoms with Crippen molar-refractivity contribution in [1.82, 2.24) is 9.55 Å². The van der Waals surface area contributed by atoms with Crippen LogP contribution in [0.5, 0.6) is 0 Å². The molecule has 2 nitrogen and oxygen atoms in total. The predicted octanol–water partition coefficient (Wildman–Crippen LogP) is 4.83. The van der Waals surface area contributed by atoms with Gasteiger partial charge >= 0.3 is 0 Å². The maximum Gasteiger partial charge on any atom is 0.129 e. The zero-order valence-corrected chi connectivity index (χ0v) is 13.0. The van der Waals surface area contributed by atoms with Crippen LogP contribution in [0.25, 0.3) is 16.7 Å². The van der Waals surface area contributed by atoms with Crippen molar-refractivity contribution in [3.63, 3.8) is 0 Å². The Morgan fingerprint density at radius 3 is 2.33 bits per heavy atom. The molecule has 21 heavy (non-hydrogen) atoms. The molecule has 0 aliphatic rings. The molecular weight excluding hydrogens is 287 g/mol. The van der Waals surface area contributed by atoms with Crippen LogP contribution in [-0.2, 0) is 5.88 Å². The van der Waals surface area contributed by atoms with E-state index in [9.17, 15) is 4.39 Å². The molecule has 0 spiro atoms. The molecule has 3 aromatic rings. The molecule has 1 heterocycles. The van der Waals surface area contributed by atoms with E-state index in [1.165, 1.54) is 17.2 Å². The van der Waals surface area contributed by atoms with Crippen molar-refractivity contribution in [3.8, 4) is 5.69 Å². The molecule has 0 fully saturated rings. The molecule has 0 bridgehead atoms. The average Bonchev–Trinajstić information content (AvgIpc) is 2.75. The van der Waals surface area contributed by atoms with Gasteiger partial charge < -0.3 is 0 Å². The van der Waals surface area contributed by atoms with Crippen molar-refractivity contribution in [3.05, 3.63) is 58.7 Å². The van der Waals surface area contributed by atoms with E-state index >= 15 is 0 Å². The Morgan fingerprint density at radius 1 is 1.05 bits per heavy atom. The minimum atomic E-state index is -0.242. The molecule has 0 amide bonds. The zero-order valence-electron chi connectivity index (χ0n) is 12.2. The first-order chi connectivity index (χ1) is 9.99.